The molecule has 0 atom stereocenters. The number of ether oxygens (including phenoxy) is 1. The van der Waals surface area contributed by atoms with E-state index in [1.165, 1.54) is 17.7 Å². The van der Waals surface area contributed by atoms with Crippen molar-refractivity contribution in [3.63, 3.8) is 0 Å². The molecule has 0 aromatic heterocycles. The van der Waals surface area contributed by atoms with Crippen LogP contribution in [0, 0.1) is 17.1 Å². The summed E-state index contributed by atoms with van der Waals surface area (Å²) in [4.78, 5) is 12.4. The number of hydrogen-bond acceptors (Lipinski definition) is 3. The summed E-state index contributed by atoms with van der Waals surface area (Å²) < 4.78 is 20.0. The lowest BCUT2D eigenvalue weighted by atomic mass is 10.1. The zero-order chi connectivity index (χ0) is 23.6. The number of rotatable bonds is 9. The van der Waals surface area contributed by atoms with Crippen molar-refractivity contribution in [3.8, 4) is 11.8 Å². The van der Waals surface area contributed by atoms with Crippen LogP contribution < -0.4 is 10.1 Å². The number of benzene rings is 3. The smallest absolute Gasteiger partial charge is 0.261 e. The Hall–Kier alpha value is -3.14. The minimum absolute atomic E-state index is 0.00894. The average molecular weight is 528 g/mol. The molecule has 0 unspecified atom stereocenters. The molecule has 0 saturated heterocycles. The quantitative estimate of drug-likeness (QED) is 0.197. The zero-order valence-electron chi connectivity index (χ0n) is 17.7. The molecule has 3 aromatic carbocycles. The highest BCUT2D eigenvalue weighted by atomic mass is 79.9. The molecule has 33 heavy (non-hydrogen) atoms. The molecule has 7 heteroatoms. The van der Waals surface area contributed by atoms with E-state index < -0.39 is 5.91 Å². The van der Waals surface area contributed by atoms with Crippen molar-refractivity contribution in [2.45, 2.75) is 19.4 Å². The van der Waals surface area contributed by atoms with Crippen LogP contribution in [-0.4, -0.2) is 12.5 Å². The molecule has 0 aliphatic carbocycles. The standard InChI is InChI=1S/C26H21BrClFN2O2/c27-22-14-19(15-23(28)25(22)33-17-20-10-4-5-11-24(20)29)13-21(16-30)26(32)31-12-6-9-18-7-2-1-3-8-18/h1-5,7-8,10-11,13-15H,6,9,12,17H2,(H,31,32)/b21-13-. The Morgan fingerprint density at radius 3 is 2.58 bits per heavy atom. The van der Waals surface area contributed by atoms with Gasteiger partial charge in [0.25, 0.3) is 5.91 Å². The summed E-state index contributed by atoms with van der Waals surface area (Å²) in [7, 11) is 0. The SMILES string of the molecule is N#C/C(=C/c1cc(Cl)c(OCc2ccccc2F)c(Br)c1)C(=O)NCCCc1ccccc1. The molecule has 0 bridgehead atoms. The van der Waals surface area contributed by atoms with E-state index >= 15 is 0 Å². The number of nitriles is 1. The van der Waals surface area contributed by atoms with Crippen molar-refractivity contribution in [2.24, 2.45) is 0 Å². The largest absolute Gasteiger partial charge is 0.486 e. The Labute approximate surface area is 205 Å². The van der Waals surface area contributed by atoms with Crippen LogP contribution in [0.2, 0.25) is 5.02 Å². The van der Waals surface area contributed by atoms with Gasteiger partial charge >= 0.3 is 0 Å². The predicted molar refractivity (Wildman–Crippen MR) is 131 cm³/mol. The number of halogens is 3. The number of nitrogens with zero attached hydrogens (tertiary/aromatic N) is 1. The maximum absolute atomic E-state index is 13.8. The van der Waals surface area contributed by atoms with Gasteiger partial charge in [-0.15, -0.1) is 0 Å². The van der Waals surface area contributed by atoms with Crippen LogP contribution in [0.3, 0.4) is 0 Å². The average Bonchev–Trinajstić information content (AvgIpc) is 2.81. The third-order valence-corrected chi connectivity index (χ3v) is 5.67. The number of carbonyl (C=O) groups is 1. The van der Waals surface area contributed by atoms with E-state index in [2.05, 4.69) is 21.2 Å². The van der Waals surface area contributed by atoms with Crippen molar-refractivity contribution < 1.29 is 13.9 Å². The summed E-state index contributed by atoms with van der Waals surface area (Å²) in [6.45, 7) is 0.467. The van der Waals surface area contributed by atoms with E-state index in [9.17, 15) is 14.4 Å². The lowest BCUT2D eigenvalue weighted by molar-refractivity contribution is -0.117. The summed E-state index contributed by atoms with van der Waals surface area (Å²) in [6, 6.07) is 21.5. The summed E-state index contributed by atoms with van der Waals surface area (Å²) >= 11 is 9.74. The van der Waals surface area contributed by atoms with E-state index in [0.717, 1.165) is 12.8 Å². The van der Waals surface area contributed by atoms with Crippen LogP contribution in [0.25, 0.3) is 6.08 Å². The number of nitrogens with one attached hydrogen (secondary N) is 1. The maximum atomic E-state index is 13.8. The summed E-state index contributed by atoms with van der Waals surface area (Å²) in [6.07, 6.45) is 3.06. The molecule has 1 amide bonds. The predicted octanol–water partition coefficient (Wildman–Crippen LogP) is 6.48. The summed E-state index contributed by atoms with van der Waals surface area (Å²) in [5, 5.41) is 12.5. The molecular formula is C26H21BrClFN2O2. The van der Waals surface area contributed by atoms with Crippen molar-refractivity contribution >= 4 is 39.5 Å². The van der Waals surface area contributed by atoms with Crippen molar-refractivity contribution in [1.82, 2.24) is 5.32 Å². The molecule has 168 valence electrons. The lowest BCUT2D eigenvalue weighted by Crippen LogP contribution is -2.25. The number of amides is 1. The molecule has 0 heterocycles. The van der Waals surface area contributed by atoms with Crippen LogP contribution in [0.1, 0.15) is 23.1 Å². The molecule has 0 radical (unpaired) electrons. The highest BCUT2D eigenvalue weighted by Crippen LogP contribution is 2.35. The van der Waals surface area contributed by atoms with Gasteiger partial charge in [0, 0.05) is 12.1 Å². The molecule has 0 fully saturated rings. The molecule has 0 saturated carbocycles. The Morgan fingerprint density at radius 2 is 1.88 bits per heavy atom. The highest BCUT2D eigenvalue weighted by molar-refractivity contribution is 9.10. The van der Waals surface area contributed by atoms with Gasteiger partial charge in [0.2, 0.25) is 0 Å². The van der Waals surface area contributed by atoms with Gasteiger partial charge in [-0.2, -0.15) is 5.26 Å². The maximum Gasteiger partial charge on any atom is 0.261 e. The number of carbonyl (C=O) groups excluding carboxylic acids is 1. The fourth-order valence-corrected chi connectivity index (χ4v) is 4.10. The molecular weight excluding hydrogens is 507 g/mol. The third kappa shape index (κ3) is 7.18. The van der Waals surface area contributed by atoms with Gasteiger partial charge in [0.05, 0.1) is 9.50 Å². The first-order chi connectivity index (χ1) is 16.0. The van der Waals surface area contributed by atoms with Gasteiger partial charge < -0.3 is 10.1 Å². The topological polar surface area (TPSA) is 62.1 Å². The Kier molecular flexibility index (Phi) is 9.05. The fourth-order valence-electron chi connectivity index (χ4n) is 3.12. The minimum Gasteiger partial charge on any atom is -0.486 e. The van der Waals surface area contributed by atoms with Gasteiger partial charge in [-0.3, -0.25) is 4.79 Å². The molecule has 4 nitrogen and oxygen atoms in total. The van der Waals surface area contributed by atoms with Crippen molar-refractivity contribution in [2.75, 3.05) is 6.54 Å². The van der Waals surface area contributed by atoms with E-state index in [4.69, 9.17) is 16.3 Å². The van der Waals surface area contributed by atoms with Gasteiger partial charge in [0.15, 0.2) is 5.75 Å². The zero-order valence-corrected chi connectivity index (χ0v) is 20.0. The van der Waals surface area contributed by atoms with Crippen molar-refractivity contribution in [3.05, 3.63) is 104 Å². The van der Waals surface area contributed by atoms with Gasteiger partial charge in [0.1, 0.15) is 24.1 Å². The van der Waals surface area contributed by atoms with Gasteiger partial charge in [-0.05, 0) is 64.2 Å². The van der Waals surface area contributed by atoms with Crippen LogP contribution >= 0.6 is 27.5 Å². The first kappa shape index (κ1) is 24.5. The molecule has 0 aliphatic rings. The van der Waals surface area contributed by atoms with E-state index in [0.29, 0.717) is 27.9 Å². The van der Waals surface area contributed by atoms with Crippen LogP contribution in [-0.2, 0) is 17.8 Å². The van der Waals surface area contributed by atoms with Crippen LogP contribution in [0.15, 0.2) is 76.8 Å². The normalized spacial score (nSPS) is 11.0. The fraction of sp³-hybridized carbons (Fsp3) is 0.154. The summed E-state index contributed by atoms with van der Waals surface area (Å²) in [5.74, 6) is -0.462. The Bertz CT molecular complexity index is 1170. The second-order valence-corrected chi connectivity index (χ2v) is 8.47. The molecule has 0 aliphatic heterocycles. The van der Waals surface area contributed by atoms with Gasteiger partial charge in [-0.1, -0.05) is 60.1 Å². The molecule has 3 aromatic rings. The monoisotopic (exact) mass is 526 g/mol. The van der Waals surface area contributed by atoms with Gasteiger partial charge in [-0.25, -0.2) is 4.39 Å². The third-order valence-electron chi connectivity index (χ3n) is 4.80. The van der Waals surface area contributed by atoms with E-state index in [1.807, 2.05) is 36.4 Å². The molecule has 3 rings (SSSR count). The minimum atomic E-state index is -0.447. The van der Waals surface area contributed by atoms with Crippen LogP contribution in [0.4, 0.5) is 4.39 Å². The lowest BCUT2D eigenvalue weighted by Gasteiger charge is -2.12. The number of hydrogen-bond donors (Lipinski definition) is 1. The Morgan fingerprint density at radius 1 is 1.15 bits per heavy atom. The highest BCUT2D eigenvalue weighted by Gasteiger charge is 2.13. The summed E-state index contributed by atoms with van der Waals surface area (Å²) in [5.41, 5.74) is 2.12. The molecule has 0 spiro atoms. The Balaban J connectivity index is 1.62. The molecule has 1 N–H and O–H groups in total. The number of aryl methyl sites for hydroxylation is 1. The van der Waals surface area contributed by atoms with Crippen molar-refractivity contribution in [1.29, 1.82) is 5.26 Å². The van der Waals surface area contributed by atoms with E-state index in [-0.39, 0.29) is 23.0 Å². The first-order valence-electron chi connectivity index (χ1n) is 10.3. The second-order valence-electron chi connectivity index (χ2n) is 7.21. The van der Waals surface area contributed by atoms with E-state index in [1.54, 1.807) is 30.3 Å². The van der Waals surface area contributed by atoms with Crippen LogP contribution in [0.5, 0.6) is 5.75 Å². The first-order valence-corrected chi connectivity index (χ1v) is 11.4. The second kappa shape index (κ2) is 12.2.